The molecule has 0 bridgehead atoms. The van der Waals surface area contributed by atoms with Crippen LogP contribution in [0.2, 0.25) is 0 Å². The highest BCUT2D eigenvalue weighted by Gasteiger charge is 2.31. The molecule has 0 radical (unpaired) electrons. The van der Waals surface area contributed by atoms with Crippen LogP contribution in [-0.4, -0.2) is 16.8 Å². The van der Waals surface area contributed by atoms with E-state index < -0.39 is 11.4 Å². The van der Waals surface area contributed by atoms with Gasteiger partial charge < -0.3 is 5.11 Å². The average molecular weight is 249 g/mol. The molecule has 1 N–H and O–H groups in total. The van der Waals surface area contributed by atoms with Crippen LogP contribution in [0.3, 0.4) is 0 Å². The number of ketones is 1. The predicted molar refractivity (Wildman–Crippen MR) is 69.2 cm³/mol. The van der Waals surface area contributed by atoms with Crippen LogP contribution < -0.4 is 0 Å². The standard InChI is InChI=1S/C14H13ClO2/c1-14(17,13(16)9-15)12-7-6-10-4-2-3-5-11(10)8-12/h2-8,17H,9H2,1H3. The first-order chi connectivity index (χ1) is 8.05. The number of carbonyl (C=O) groups excluding carboxylic acids is 1. The van der Waals surface area contributed by atoms with Gasteiger partial charge in [0.15, 0.2) is 5.78 Å². The number of hydrogen-bond acceptors (Lipinski definition) is 2. The number of benzene rings is 2. The van der Waals surface area contributed by atoms with Gasteiger partial charge in [0.1, 0.15) is 5.60 Å². The van der Waals surface area contributed by atoms with Gasteiger partial charge in [0.2, 0.25) is 0 Å². The third-order valence-electron chi connectivity index (χ3n) is 2.98. The molecule has 0 saturated heterocycles. The van der Waals surface area contributed by atoms with Crippen LogP contribution in [0.1, 0.15) is 12.5 Å². The highest BCUT2D eigenvalue weighted by Crippen LogP contribution is 2.26. The van der Waals surface area contributed by atoms with Gasteiger partial charge in [-0.1, -0.05) is 36.4 Å². The van der Waals surface area contributed by atoms with Gasteiger partial charge >= 0.3 is 0 Å². The van der Waals surface area contributed by atoms with Crippen molar-refractivity contribution in [1.82, 2.24) is 0 Å². The van der Waals surface area contributed by atoms with E-state index in [0.29, 0.717) is 5.56 Å². The largest absolute Gasteiger partial charge is 0.378 e. The van der Waals surface area contributed by atoms with Crippen molar-refractivity contribution in [3.63, 3.8) is 0 Å². The molecule has 88 valence electrons. The van der Waals surface area contributed by atoms with Crippen molar-refractivity contribution >= 4 is 28.2 Å². The van der Waals surface area contributed by atoms with Crippen molar-refractivity contribution in [2.75, 3.05) is 5.88 Å². The van der Waals surface area contributed by atoms with Gasteiger partial charge in [0.25, 0.3) is 0 Å². The van der Waals surface area contributed by atoms with E-state index in [1.54, 1.807) is 6.07 Å². The first-order valence-electron chi connectivity index (χ1n) is 5.36. The van der Waals surface area contributed by atoms with E-state index in [1.165, 1.54) is 6.92 Å². The quantitative estimate of drug-likeness (QED) is 0.848. The molecule has 0 aliphatic rings. The third kappa shape index (κ3) is 2.19. The Kier molecular flexibility index (Phi) is 3.18. The minimum Gasteiger partial charge on any atom is -0.378 e. The van der Waals surface area contributed by atoms with Gasteiger partial charge in [0.05, 0.1) is 5.88 Å². The first kappa shape index (κ1) is 12.1. The molecule has 2 nitrogen and oxygen atoms in total. The minimum atomic E-state index is -1.52. The Morgan fingerprint density at radius 3 is 2.53 bits per heavy atom. The number of carbonyl (C=O) groups is 1. The second kappa shape index (κ2) is 4.47. The van der Waals surface area contributed by atoms with E-state index in [4.69, 9.17) is 11.6 Å². The molecule has 1 unspecified atom stereocenters. The van der Waals surface area contributed by atoms with Crippen LogP contribution in [0.4, 0.5) is 0 Å². The van der Waals surface area contributed by atoms with Crippen molar-refractivity contribution in [2.24, 2.45) is 0 Å². The molecule has 0 aromatic heterocycles. The van der Waals surface area contributed by atoms with Crippen molar-refractivity contribution in [3.8, 4) is 0 Å². The molecule has 2 rings (SSSR count). The molecule has 1 atom stereocenters. The Morgan fingerprint density at radius 1 is 1.24 bits per heavy atom. The Morgan fingerprint density at radius 2 is 1.88 bits per heavy atom. The fourth-order valence-corrected chi connectivity index (χ4v) is 2.04. The molecule has 2 aromatic rings. The topological polar surface area (TPSA) is 37.3 Å². The maximum atomic E-state index is 11.6. The Bertz CT molecular complexity index is 561. The summed E-state index contributed by atoms with van der Waals surface area (Å²) in [4.78, 5) is 11.6. The van der Waals surface area contributed by atoms with Crippen molar-refractivity contribution in [1.29, 1.82) is 0 Å². The highest BCUT2D eigenvalue weighted by molar-refractivity contribution is 6.28. The number of rotatable bonds is 3. The number of aliphatic hydroxyl groups is 1. The lowest BCUT2D eigenvalue weighted by Gasteiger charge is -2.21. The zero-order chi connectivity index (χ0) is 12.5. The molecule has 0 heterocycles. The van der Waals surface area contributed by atoms with Crippen LogP contribution in [0.25, 0.3) is 10.8 Å². The monoisotopic (exact) mass is 248 g/mol. The van der Waals surface area contributed by atoms with Crippen molar-refractivity contribution < 1.29 is 9.90 Å². The molecule has 2 aromatic carbocycles. The van der Waals surface area contributed by atoms with Crippen LogP contribution in [0.5, 0.6) is 0 Å². The smallest absolute Gasteiger partial charge is 0.183 e. The van der Waals surface area contributed by atoms with Gasteiger partial charge in [-0.15, -0.1) is 11.6 Å². The van der Waals surface area contributed by atoms with Gasteiger partial charge in [-0.3, -0.25) is 4.79 Å². The summed E-state index contributed by atoms with van der Waals surface area (Å²) in [6.07, 6.45) is 0. The molecule has 0 fully saturated rings. The van der Waals surface area contributed by atoms with Crippen LogP contribution in [0, 0.1) is 0 Å². The summed E-state index contributed by atoms with van der Waals surface area (Å²) in [5.74, 6) is -0.589. The molecular weight excluding hydrogens is 236 g/mol. The number of hydrogen-bond donors (Lipinski definition) is 1. The number of halogens is 1. The average Bonchev–Trinajstić information content (AvgIpc) is 2.37. The van der Waals surface area contributed by atoms with E-state index in [-0.39, 0.29) is 5.88 Å². The number of alkyl halides is 1. The van der Waals surface area contributed by atoms with Gasteiger partial charge in [-0.2, -0.15) is 0 Å². The van der Waals surface area contributed by atoms with Crippen LogP contribution in [-0.2, 0) is 10.4 Å². The maximum absolute atomic E-state index is 11.6. The Hall–Kier alpha value is -1.38. The van der Waals surface area contributed by atoms with E-state index in [0.717, 1.165) is 10.8 Å². The fourth-order valence-electron chi connectivity index (χ4n) is 1.78. The number of fused-ring (bicyclic) bond motifs is 1. The van der Waals surface area contributed by atoms with Crippen molar-refractivity contribution in [3.05, 3.63) is 48.0 Å². The first-order valence-corrected chi connectivity index (χ1v) is 5.90. The van der Waals surface area contributed by atoms with E-state index >= 15 is 0 Å². The second-order valence-corrected chi connectivity index (χ2v) is 4.46. The van der Waals surface area contributed by atoms with Gasteiger partial charge in [0, 0.05) is 0 Å². The van der Waals surface area contributed by atoms with Crippen LogP contribution >= 0.6 is 11.6 Å². The summed E-state index contributed by atoms with van der Waals surface area (Å²) in [6, 6.07) is 13.3. The highest BCUT2D eigenvalue weighted by atomic mass is 35.5. The molecule has 3 heteroatoms. The lowest BCUT2D eigenvalue weighted by Crippen LogP contribution is -2.33. The summed E-state index contributed by atoms with van der Waals surface area (Å²) >= 11 is 5.50. The summed E-state index contributed by atoms with van der Waals surface area (Å²) in [5, 5.41) is 12.2. The molecule has 0 aliphatic carbocycles. The molecule has 17 heavy (non-hydrogen) atoms. The van der Waals surface area contributed by atoms with Crippen molar-refractivity contribution in [2.45, 2.75) is 12.5 Å². The third-order valence-corrected chi connectivity index (χ3v) is 3.22. The van der Waals surface area contributed by atoms with Gasteiger partial charge in [-0.25, -0.2) is 0 Å². The molecule has 0 amide bonds. The fraction of sp³-hybridized carbons (Fsp3) is 0.214. The zero-order valence-electron chi connectivity index (χ0n) is 9.48. The van der Waals surface area contributed by atoms with E-state index in [9.17, 15) is 9.90 Å². The SMILES string of the molecule is CC(O)(C(=O)CCl)c1ccc2ccccc2c1. The zero-order valence-corrected chi connectivity index (χ0v) is 10.2. The summed E-state index contributed by atoms with van der Waals surface area (Å²) in [6.45, 7) is 1.47. The molecule has 0 saturated carbocycles. The predicted octanol–water partition coefficient (Wildman–Crippen LogP) is 2.86. The molecular formula is C14H13ClO2. The lowest BCUT2D eigenvalue weighted by molar-refractivity contribution is -0.133. The Balaban J connectivity index is 2.53. The van der Waals surface area contributed by atoms with Crippen LogP contribution in [0.15, 0.2) is 42.5 Å². The summed E-state index contributed by atoms with van der Waals surface area (Å²) in [7, 11) is 0. The second-order valence-electron chi connectivity index (χ2n) is 4.19. The Labute approximate surface area is 105 Å². The van der Waals surface area contributed by atoms with E-state index in [1.807, 2.05) is 36.4 Å². The maximum Gasteiger partial charge on any atom is 0.183 e. The normalized spacial score (nSPS) is 14.5. The summed E-state index contributed by atoms with van der Waals surface area (Å²) in [5.41, 5.74) is -0.951. The minimum absolute atomic E-state index is 0.195. The van der Waals surface area contributed by atoms with E-state index in [2.05, 4.69) is 0 Å². The summed E-state index contributed by atoms with van der Waals surface area (Å²) < 4.78 is 0. The molecule has 0 aliphatic heterocycles. The number of Topliss-reactive ketones (excluding diaryl/α,β-unsaturated/α-hetero) is 1. The lowest BCUT2D eigenvalue weighted by atomic mass is 9.90. The van der Waals surface area contributed by atoms with Gasteiger partial charge in [-0.05, 0) is 29.3 Å². The molecule has 0 spiro atoms.